The standard InChI is InChI=1S/C10H11NO5/c1-15-6-7-3-4-8(11(13)14)5-9(7)10(12)16-2/h3-5H,6H2,1-2H3. The van der Waals surface area contributed by atoms with Crippen LogP contribution in [0.5, 0.6) is 0 Å². The SMILES string of the molecule is COCc1ccc([N+](=O)[O-])cc1C(=O)OC. The summed E-state index contributed by atoms with van der Waals surface area (Å²) >= 11 is 0. The molecule has 0 aliphatic rings. The minimum Gasteiger partial charge on any atom is -0.465 e. The second-order valence-electron chi connectivity index (χ2n) is 3.02. The minimum absolute atomic E-state index is 0.151. The number of ether oxygens (including phenoxy) is 2. The van der Waals surface area contributed by atoms with Crippen molar-refractivity contribution in [2.45, 2.75) is 6.61 Å². The zero-order valence-electron chi connectivity index (χ0n) is 8.93. The lowest BCUT2D eigenvalue weighted by atomic mass is 10.1. The van der Waals surface area contributed by atoms with E-state index in [1.807, 2.05) is 0 Å². The Morgan fingerprint density at radius 3 is 2.62 bits per heavy atom. The molecule has 1 aromatic carbocycles. The van der Waals surface area contributed by atoms with Crippen LogP contribution in [-0.2, 0) is 16.1 Å². The normalized spacial score (nSPS) is 9.88. The van der Waals surface area contributed by atoms with Gasteiger partial charge in [0.05, 0.1) is 24.2 Å². The van der Waals surface area contributed by atoms with E-state index in [0.717, 1.165) is 0 Å². The van der Waals surface area contributed by atoms with Gasteiger partial charge in [0.25, 0.3) is 5.69 Å². The van der Waals surface area contributed by atoms with E-state index in [1.54, 1.807) is 0 Å². The highest BCUT2D eigenvalue weighted by atomic mass is 16.6. The number of hydrogen-bond acceptors (Lipinski definition) is 5. The lowest BCUT2D eigenvalue weighted by Crippen LogP contribution is -2.07. The Balaban J connectivity index is 3.20. The Hall–Kier alpha value is -1.95. The second-order valence-corrected chi connectivity index (χ2v) is 3.02. The van der Waals surface area contributed by atoms with E-state index in [9.17, 15) is 14.9 Å². The highest BCUT2D eigenvalue weighted by Gasteiger charge is 2.16. The van der Waals surface area contributed by atoms with Gasteiger partial charge in [0, 0.05) is 19.2 Å². The van der Waals surface area contributed by atoms with Crippen LogP contribution >= 0.6 is 0 Å². The summed E-state index contributed by atoms with van der Waals surface area (Å²) in [5.41, 5.74) is 0.554. The zero-order valence-corrected chi connectivity index (χ0v) is 8.93. The molecule has 0 saturated carbocycles. The first kappa shape index (κ1) is 12.1. The molecular weight excluding hydrogens is 214 g/mol. The summed E-state index contributed by atoms with van der Waals surface area (Å²) in [5, 5.41) is 10.6. The number of nitro benzene ring substituents is 1. The molecule has 16 heavy (non-hydrogen) atoms. The molecular formula is C10H11NO5. The maximum absolute atomic E-state index is 11.4. The van der Waals surface area contributed by atoms with Crippen LogP contribution in [0.25, 0.3) is 0 Å². The molecule has 0 atom stereocenters. The van der Waals surface area contributed by atoms with Crippen LogP contribution in [0, 0.1) is 10.1 Å². The molecule has 0 aromatic heterocycles. The molecule has 0 amide bonds. The van der Waals surface area contributed by atoms with Gasteiger partial charge in [0.1, 0.15) is 0 Å². The number of non-ortho nitro benzene ring substituents is 1. The average molecular weight is 225 g/mol. The maximum atomic E-state index is 11.4. The lowest BCUT2D eigenvalue weighted by Gasteiger charge is -2.06. The van der Waals surface area contributed by atoms with Crippen LogP contribution in [0.1, 0.15) is 15.9 Å². The first-order valence-electron chi connectivity index (χ1n) is 4.44. The molecule has 0 spiro atoms. The second kappa shape index (κ2) is 5.22. The van der Waals surface area contributed by atoms with Crippen molar-refractivity contribution in [3.8, 4) is 0 Å². The molecule has 6 nitrogen and oxygen atoms in total. The van der Waals surface area contributed by atoms with Crippen molar-refractivity contribution in [1.82, 2.24) is 0 Å². The predicted molar refractivity (Wildman–Crippen MR) is 55.1 cm³/mol. The number of esters is 1. The molecule has 1 rings (SSSR count). The summed E-state index contributed by atoms with van der Waals surface area (Å²) in [6.07, 6.45) is 0. The third-order valence-electron chi connectivity index (χ3n) is 2.01. The van der Waals surface area contributed by atoms with E-state index >= 15 is 0 Å². The molecule has 0 aliphatic heterocycles. The topological polar surface area (TPSA) is 78.7 Å². The van der Waals surface area contributed by atoms with Crippen LogP contribution < -0.4 is 0 Å². The lowest BCUT2D eigenvalue weighted by molar-refractivity contribution is -0.384. The van der Waals surface area contributed by atoms with E-state index in [4.69, 9.17) is 4.74 Å². The number of nitrogens with zero attached hydrogens (tertiary/aromatic N) is 1. The van der Waals surface area contributed by atoms with E-state index < -0.39 is 10.9 Å². The van der Waals surface area contributed by atoms with Crippen molar-refractivity contribution in [1.29, 1.82) is 0 Å². The van der Waals surface area contributed by atoms with Crippen LogP contribution in [0.3, 0.4) is 0 Å². The van der Waals surface area contributed by atoms with Crippen molar-refractivity contribution in [3.63, 3.8) is 0 Å². The Kier molecular flexibility index (Phi) is 3.96. The molecule has 1 aromatic rings. The number of nitro groups is 1. The fraction of sp³-hybridized carbons (Fsp3) is 0.300. The van der Waals surface area contributed by atoms with Crippen molar-refractivity contribution in [2.75, 3.05) is 14.2 Å². The molecule has 0 heterocycles. The van der Waals surface area contributed by atoms with Crippen LogP contribution in [0.4, 0.5) is 5.69 Å². The molecule has 0 unspecified atom stereocenters. The van der Waals surface area contributed by atoms with E-state index in [1.165, 1.54) is 32.4 Å². The van der Waals surface area contributed by atoms with Gasteiger partial charge in [-0.05, 0) is 11.6 Å². The van der Waals surface area contributed by atoms with Gasteiger partial charge < -0.3 is 9.47 Å². The number of hydrogen-bond donors (Lipinski definition) is 0. The van der Waals surface area contributed by atoms with Gasteiger partial charge in [-0.15, -0.1) is 0 Å². The van der Waals surface area contributed by atoms with Crippen LogP contribution in [0.2, 0.25) is 0 Å². The van der Waals surface area contributed by atoms with Gasteiger partial charge in [-0.25, -0.2) is 4.79 Å². The van der Waals surface area contributed by atoms with Crippen molar-refractivity contribution in [3.05, 3.63) is 39.4 Å². The summed E-state index contributed by atoms with van der Waals surface area (Å²) in [6, 6.07) is 3.98. The summed E-state index contributed by atoms with van der Waals surface area (Å²) in [5.74, 6) is -0.615. The molecule has 0 fully saturated rings. The summed E-state index contributed by atoms with van der Waals surface area (Å²) in [4.78, 5) is 21.4. The first-order valence-corrected chi connectivity index (χ1v) is 4.44. The summed E-state index contributed by atoms with van der Waals surface area (Å²) in [6.45, 7) is 0.197. The quantitative estimate of drug-likeness (QED) is 0.441. The smallest absolute Gasteiger partial charge is 0.338 e. The number of rotatable bonds is 4. The zero-order chi connectivity index (χ0) is 12.1. The van der Waals surface area contributed by atoms with E-state index in [-0.39, 0.29) is 17.9 Å². The first-order chi connectivity index (χ1) is 7.60. The van der Waals surface area contributed by atoms with Gasteiger partial charge >= 0.3 is 5.97 Å². The van der Waals surface area contributed by atoms with Crippen LogP contribution in [0.15, 0.2) is 18.2 Å². The van der Waals surface area contributed by atoms with Gasteiger partial charge in [-0.3, -0.25) is 10.1 Å². The predicted octanol–water partition coefficient (Wildman–Crippen LogP) is 1.53. The van der Waals surface area contributed by atoms with Gasteiger partial charge in [0.15, 0.2) is 0 Å². The van der Waals surface area contributed by atoms with Crippen molar-refractivity contribution in [2.24, 2.45) is 0 Å². The highest BCUT2D eigenvalue weighted by molar-refractivity contribution is 5.91. The fourth-order valence-corrected chi connectivity index (χ4v) is 1.26. The van der Waals surface area contributed by atoms with Gasteiger partial charge in [-0.1, -0.05) is 0 Å². The monoisotopic (exact) mass is 225 g/mol. The fourth-order valence-electron chi connectivity index (χ4n) is 1.26. The Morgan fingerprint density at radius 1 is 1.44 bits per heavy atom. The number of carbonyl (C=O) groups excluding carboxylic acids is 1. The van der Waals surface area contributed by atoms with Gasteiger partial charge in [-0.2, -0.15) is 0 Å². The minimum atomic E-state index is -0.615. The summed E-state index contributed by atoms with van der Waals surface area (Å²) < 4.78 is 9.43. The van der Waals surface area contributed by atoms with Crippen molar-refractivity contribution >= 4 is 11.7 Å². The molecule has 0 N–H and O–H groups in total. The molecule has 0 aliphatic carbocycles. The summed E-state index contributed by atoms with van der Waals surface area (Å²) in [7, 11) is 2.69. The average Bonchev–Trinajstić information content (AvgIpc) is 2.28. The Bertz CT molecular complexity index is 416. The van der Waals surface area contributed by atoms with Crippen molar-refractivity contribution < 1.29 is 19.2 Å². The third-order valence-corrected chi connectivity index (χ3v) is 2.01. The Labute approximate surface area is 91.9 Å². The highest BCUT2D eigenvalue weighted by Crippen LogP contribution is 2.19. The largest absolute Gasteiger partial charge is 0.465 e. The molecule has 6 heteroatoms. The number of benzene rings is 1. The third kappa shape index (κ3) is 2.54. The Morgan fingerprint density at radius 2 is 2.12 bits per heavy atom. The molecule has 86 valence electrons. The van der Waals surface area contributed by atoms with E-state index in [2.05, 4.69) is 4.74 Å². The molecule has 0 bridgehead atoms. The molecule has 0 radical (unpaired) electrons. The van der Waals surface area contributed by atoms with Gasteiger partial charge in [0.2, 0.25) is 0 Å². The molecule has 0 saturated heterocycles. The van der Waals surface area contributed by atoms with E-state index in [0.29, 0.717) is 5.56 Å². The maximum Gasteiger partial charge on any atom is 0.338 e. The number of methoxy groups -OCH3 is 2. The van der Waals surface area contributed by atoms with Crippen LogP contribution in [-0.4, -0.2) is 25.1 Å². The number of carbonyl (C=O) groups is 1.